The first-order valence-corrected chi connectivity index (χ1v) is 3.26. The van der Waals surface area contributed by atoms with Crippen LogP contribution in [0.25, 0.3) is 0 Å². The zero-order valence-corrected chi connectivity index (χ0v) is 6.11. The molecule has 0 unspecified atom stereocenters. The molecule has 1 aromatic heterocycles. The molecule has 0 bridgehead atoms. The molecule has 0 amide bonds. The molecule has 1 N–H and O–H groups in total. The molecule has 0 saturated heterocycles. The van der Waals surface area contributed by atoms with Crippen LogP contribution in [-0.2, 0) is 0 Å². The number of rotatable bonds is 2. The molecule has 0 spiro atoms. The number of aromatic nitrogens is 1. The number of nitrogens with zero attached hydrogens (tertiary/aromatic N) is 2. The summed E-state index contributed by atoms with van der Waals surface area (Å²) in [5.41, 5.74) is 0.615. The van der Waals surface area contributed by atoms with Gasteiger partial charge < -0.3 is 9.63 Å². The largest absolute Gasteiger partial charge is 0.479 e. The van der Waals surface area contributed by atoms with E-state index < -0.39 is 0 Å². The summed E-state index contributed by atoms with van der Waals surface area (Å²) in [4.78, 5) is 0. The Bertz CT molecular complexity index is 274. The lowest BCUT2D eigenvalue weighted by Gasteiger charge is -1.97. The van der Waals surface area contributed by atoms with E-state index in [-0.39, 0.29) is 11.9 Å². The lowest BCUT2D eigenvalue weighted by Crippen LogP contribution is -1.90. The molecule has 11 heavy (non-hydrogen) atoms. The van der Waals surface area contributed by atoms with E-state index in [1.165, 1.54) is 6.07 Å². The summed E-state index contributed by atoms with van der Waals surface area (Å²) < 4.78 is 4.43. The summed E-state index contributed by atoms with van der Waals surface area (Å²) in [5.74, 6) is -0.186. The second kappa shape index (κ2) is 3.06. The SMILES string of the molecule is C[C@@H](CC#N)c1cc(O)on1. The number of hydrogen-bond acceptors (Lipinski definition) is 4. The quantitative estimate of drug-likeness (QED) is 0.695. The molecule has 0 aliphatic heterocycles. The first kappa shape index (κ1) is 7.61. The van der Waals surface area contributed by atoms with Crippen LogP contribution in [0.1, 0.15) is 25.0 Å². The van der Waals surface area contributed by atoms with Crippen LogP contribution in [0.3, 0.4) is 0 Å². The summed E-state index contributed by atoms with van der Waals surface area (Å²) in [5, 5.41) is 20.7. The lowest BCUT2D eigenvalue weighted by atomic mass is 10.1. The highest BCUT2D eigenvalue weighted by Gasteiger charge is 2.10. The van der Waals surface area contributed by atoms with Crippen LogP contribution in [0.2, 0.25) is 0 Å². The van der Waals surface area contributed by atoms with Gasteiger partial charge in [0.05, 0.1) is 11.8 Å². The third-order valence-electron chi connectivity index (χ3n) is 1.42. The maximum Gasteiger partial charge on any atom is 0.308 e. The van der Waals surface area contributed by atoms with Crippen molar-refractivity contribution < 1.29 is 9.63 Å². The Kier molecular flexibility index (Phi) is 2.12. The van der Waals surface area contributed by atoms with Gasteiger partial charge in [0.1, 0.15) is 0 Å². The number of aromatic hydroxyl groups is 1. The van der Waals surface area contributed by atoms with Crippen LogP contribution in [0, 0.1) is 11.3 Å². The number of nitriles is 1. The topological polar surface area (TPSA) is 70.0 Å². The highest BCUT2D eigenvalue weighted by molar-refractivity contribution is 5.13. The predicted molar refractivity (Wildman–Crippen MR) is 36.8 cm³/mol. The molecule has 0 fully saturated rings. The monoisotopic (exact) mass is 152 g/mol. The molecule has 0 radical (unpaired) electrons. The molecule has 0 aliphatic carbocycles. The fraction of sp³-hybridized carbons (Fsp3) is 0.429. The van der Waals surface area contributed by atoms with Gasteiger partial charge in [0.15, 0.2) is 0 Å². The van der Waals surface area contributed by atoms with Crippen LogP contribution in [0.5, 0.6) is 5.95 Å². The molecule has 4 nitrogen and oxygen atoms in total. The summed E-state index contributed by atoms with van der Waals surface area (Å²) in [6, 6.07) is 3.43. The molecule has 4 heteroatoms. The van der Waals surface area contributed by atoms with E-state index in [0.717, 1.165) is 0 Å². The highest BCUT2D eigenvalue weighted by atomic mass is 16.5. The van der Waals surface area contributed by atoms with Crippen LogP contribution < -0.4 is 0 Å². The van der Waals surface area contributed by atoms with E-state index >= 15 is 0 Å². The normalized spacial score (nSPS) is 12.4. The number of hydrogen-bond donors (Lipinski definition) is 1. The van der Waals surface area contributed by atoms with E-state index in [0.29, 0.717) is 12.1 Å². The van der Waals surface area contributed by atoms with Crippen molar-refractivity contribution in [2.24, 2.45) is 0 Å². The average molecular weight is 152 g/mol. The maximum atomic E-state index is 8.76. The minimum Gasteiger partial charge on any atom is -0.479 e. The Morgan fingerprint density at radius 3 is 3.09 bits per heavy atom. The van der Waals surface area contributed by atoms with Crippen molar-refractivity contribution in [1.29, 1.82) is 5.26 Å². The van der Waals surface area contributed by atoms with Crippen molar-refractivity contribution in [1.82, 2.24) is 5.16 Å². The molecule has 0 saturated carbocycles. The van der Waals surface area contributed by atoms with Gasteiger partial charge in [-0.15, -0.1) is 0 Å². The minimum atomic E-state index is -0.204. The summed E-state index contributed by atoms with van der Waals surface area (Å²) in [6.07, 6.45) is 0.381. The Morgan fingerprint density at radius 2 is 2.64 bits per heavy atom. The van der Waals surface area contributed by atoms with Gasteiger partial charge in [-0.05, 0) is 0 Å². The third kappa shape index (κ3) is 1.71. The van der Waals surface area contributed by atoms with Crippen LogP contribution in [0.4, 0.5) is 0 Å². The van der Waals surface area contributed by atoms with E-state index in [1.807, 2.05) is 13.0 Å². The Morgan fingerprint density at radius 1 is 1.91 bits per heavy atom. The van der Waals surface area contributed by atoms with Crippen molar-refractivity contribution in [3.05, 3.63) is 11.8 Å². The van der Waals surface area contributed by atoms with Crippen molar-refractivity contribution in [3.63, 3.8) is 0 Å². The summed E-state index contributed by atoms with van der Waals surface area (Å²) >= 11 is 0. The van der Waals surface area contributed by atoms with Crippen molar-refractivity contribution >= 4 is 0 Å². The fourth-order valence-corrected chi connectivity index (χ4v) is 0.752. The van der Waals surface area contributed by atoms with Crippen LogP contribution in [0.15, 0.2) is 10.6 Å². The molecule has 0 aliphatic rings. The molecule has 1 atom stereocenters. The lowest BCUT2D eigenvalue weighted by molar-refractivity contribution is 0.275. The maximum absolute atomic E-state index is 8.76. The zero-order valence-electron chi connectivity index (χ0n) is 6.11. The van der Waals surface area contributed by atoms with Crippen molar-refractivity contribution in [2.45, 2.75) is 19.3 Å². The molecular formula is C7H8N2O2. The van der Waals surface area contributed by atoms with Gasteiger partial charge in [-0.2, -0.15) is 5.26 Å². The zero-order chi connectivity index (χ0) is 8.27. The highest BCUT2D eigenvalue weighted by Crippen LogP contribution is 2.20. The minimum absolute atomic E-state index is 0.0182. The van der Waals surface area contributed by atoms with Gasteiger partial charge in [0.25, 0.3) is 0 Å². The summed E-state index contributed by atoms with van der Waals surface area (Å²) in [6.45, 7) is 1.85. The molecule has 1 aromatic rings. The molecule has 1 heterocycles. The molecular weight excluding hydrogens is 144 g/mol. The van der Waals surface area contributed by atoms with Gasteiger partial charge in [0.2, 0.25) is 0 Å². The van der Waals surface area contributed by atoms with Crippen LogP contribution in [-0.4, -0.2) is 10.3 Å². The first-order chi connectivity index (χ1) is 5.24. The van der Waals surface area contributed by atoms with Gasteiger partial charge in [0, 0.05) is 18.4 Å². The smallest absolute Gasteiger partial charge is 0.308 e. The molecule has 0 aromatic carbocycles. The van der Waals surface area contributed by atoms with E-state index in [9.17, 15) is 0 Å². The van der Waals surface area contributed by atoms with E-state index in [4.69, 9.17) is 10.4 Å². The second-order valence-electron chi connectivity index (χ2n) is 2.35. The van der Waals surface area contributed by atoms with Gasteiger partial charge in [-0.1, -0.05) is 12.1 Å². The van der Waals surface area contributed by atoms with Crippen LogP contribution >= 0.6 is 0 Å². The average Bonchev–Trinajstić information content (AvgIpc) is 2.36. The first-order valence-electron chi connectivity index (χ1n) is 3.26. The van der Waals surface area contributed by atoms with Gasteiger partial charge >= 0.3 is 5.95 Å². The Labute approximate surface area is 64.0 Å². The van der Waals surface area contributed by atoms with Crippen molar-refractivity contribution in [3.8, 4) is 12.0 Å². The Hall–Kier alpha value is -1.50. The second-order valence-corrected chi connectivity index (χ2v) is 2.35. The van der Waals surface area contributed by atoms with Gasteiger partial charge in [-0.25, -0.2) is 0 Å². The van der Waals surface area contributed by atoms with Crippen molar-refractivity contribution in [2.75, 3.05) is 0 Å². The molecule has 58 valence electrons. The molecule has 1 rings (SSSR count). The predicted octanol–water partition coefficient (Wildman–Crippen LogP) is 1.40. The third-order valence-corrected chi connectivity index (χ3v) is 1.42. The standard InChI is InChI=1S/C7H8N2O2/c1-5(2-3-8)6-4-7(10)11-9-6/h4-5,10H,2H2,1H3/t5-/m0/s1. The fourth-order valence-electron chi connectivity index (χ4n) is 0.752. The van der Waals surface area contributed by atoms with Gasteiger partial charge in [-0.3, -0.25) is 0 Å². The Balaban J connectivity index is 2.70. The van der Waals surface area contributed by atoms with E-state index in [1.54, 1.807) is 0 Å². The van der Waals surface area contributed by atoms with E-state index in [2.05, 4.69) is 9.68 Å². The summed E-state index contributed by atoms with van der Waals surface area (Å²) in [7, 11) is 0.